The van der Waals surface area contributed by atoms with E-state index in [0.29, 0.717) is 41.5 Å². The second kappa shape index (κ2) is 20.6. The van der Waals surface area contributed by atoms with Crippen LogP contribution in [0.5, 0.6) is 11.5 Å². The predicted octanol–water partition coefficient (Wildman–Crippen LogP) is 4.72. The van der Waals surface area contributed by atoms with Gasteiger partial charge in [0.1, 0.15) is 42.0 Å². The number of pyridine rings is 2. The van der Waals surface area contributed by atoms with Gasteiger partial charge in [0.05, 0.1) is 63.4 Å². The number of aromatic hydroxyl groups is 1. The van der Waals surface area contributed by atoms with Gasteiger partial charge in [0.2, 0.25) is 0 Å². The van der Waals surface area contributed by atoms with Crippen LogP contribution in [-0.2, 0) is 41.5 Å². The number of hydrogen-bond acceptors (Lipinski definition) is 14. The summed E-state index contributed by atoms with van der Waals surface area (Å²) >= 11 is 0. The van der Waals surface area contributed by atoms with Crippen molar-refractivity contribution in [1.82, 2.24) is 9.13 Å². The largest absolute Gasteiger partial charge is 0.506 e. The second-order valence-corrected chi connectivity index (χ2v) is 15.8. The summed E-state index contributed by atoms with van der Waals surface area (Å²) in [6.07, 6.45) is 0.736. The third kappa shape index (κ3) is 9.45. The van der Waals surface area contributed by atoms with Crippen molar-refractivity contribution in [3.8, 4) is 11.5 Å². The van der Waals surface area contributed by atoms with E-state index in [2.05, 4.69) is 0 Å². The molecular formula is C50H50N2O14. The fourth-order valence-corrected chi connectivity index (χ4v) is 8.37. The molecule has 2 aromatic heterocycles. The average Bonchev–Trinajstić information content (AvgIpc) is 4.14. The molecular weight excluding hydrogens is 853 g/mol. The average molecular weight is 903 g/mol. The minimum atomic E-state index is -0.812. The molecule has 0 amide bonds. The molecule has 0 bridgehead atoms. The summed E-state index contributed by atoms with van der Waals surface area (Å²) in [4.78, 5) is 51.5. The minimum absolute atomic E-state index is 0.115. The van der Waals surface area contributed by atoms with Crippen molar-refractivity contribution in [2.75, 3.05) is 33.0 Å². The van der Waals surface area contributed by atoms with E-state index in [1.807, 2.05) is 91.0 Å². The van der Waals surface area contributed by atoms with Crippen LogP contribution >= 0.6 is 0 Å². The standard InChI is InChI=1S/C25H23NO6.C19H17NO4.C6H10O4/c1-2-29-25(28)21-22(32-20-15-31-19-12-13-30-23(19)20)17-10-6-7-11-18(17)26(24(21)27)14-16-8-4-3-5-9-16;1-2-24-19(23)16-17(21)14-10-6-7-11-15(14)20(18(16)22)12-13-8-4-3-5-9-13;7-3-1-9-6-4(8)2-10-5(3)6/h3-13,19-20,23H,2,14-15H2,1H3;3-11,21H,2,12H2,1H3;3-8H,1-2H2/t19-,20?,23+;;3-,4+,5-,6-/m1.1/s1. The molecule has 16 heteroatoms. The van der Waals surface area contributed by atoms with E-state index in [1.54, 1.807) is 48.9 Å². The third-order valence-electron chi connectivity index (χ3n) is 11.5. The van der Waals surface area contributed by atoms with Crippen LogP contribution in [0.4, 0.5) is 0 Å². The smallest absolute Gasteiger partial charge is 0.347 e. The van der Waals surface area contributed by atoms with Gasteiger partial charge in [-0.05, 0) is 55.3 Å². The molecule has 4 aliphatic heterocycles. The molecule has 6 aromatic rings. The van der Waals surface area contributed by atoms with E-state index >= 15 is 0 Å². The van der Waals surface area contributed by atoms with Gasteiger partial charge in [-0.1, -0.05) is 84.9 Å². The Kier molecular flexibility index (Phi) is 14.3. The molecule has 1 unspecified atom stereocenters. The SMILES string of the molecule is CCOC(=O)c1c(O)c2ccccc2n(Cc2ccccc2)c1=O.CCOC(=O)c1c(OC2CO[C@@H]3C=CO[C@H]23)c2ccccc2n(Cc2ccccc2)c1=O.O[C@@H]1CO[C@H]2[C@@H]1OC[C@@H]2O. The van der Waals surface area contributed by atoms with Crippen LogP contribution in [-0.4, -0.2) is 112 Å². The number of hydrogen-bond donors (Lipinski definition) is 3. The number of aliphatic hydroxyl groups is 2. The number of para-hydroxylation sites is 2. The van der Waals surface area contributed by atoms with E-state index in [9.17, 15) is 24.3 Å². The number of ether oxygens (including phenoxy) is 7. The molecule has 4 aliphatic rings. The Morgan fingerprint density at radius 3 is 1.67 bits per heavy atom. The molecule has 6 heterocycles. The van der Waals surface area contributed by atoms with Gasteiger partial charge in [-0.2, -0.15) is 0 Å². The van der Waals surface area contributed by atoms with Gasteiger partial charge in [0.15, 0.2) is 23.3 Å². The number of carbonyl (C=O) groups excluding carboxylic acids is 2. The van der Waals surface area contributed by atoms with E-state index in [0.717, 1.165) is 11.1 Å². The highest BCUT2D eigenvalue weighted by molar-refractivity contribution is 6.00. The van der Waals surface area contributed by atoms with Crippen LogP contribution < -0.4 is 15.9 Å². The Balaban J connectivity index is 0.000000152. The fourth-order valence-electron chi connectivity index (χ4n) is 8.37. The van der Waals surface area contributed by atoms with Crippen LogP contribution in [0.15, 0.2) is 131 Å². The molecule has 10 rings (SSSR count). The van der Waals surface area contributed by atoms with Gasteiger partial charge < -0.3 is 57.6 Å². The summed E-state index contributed by atoms with van der Waals surface area (Å²) < 4.78 is 41.0. The molecule has 0 aliphatic carbocycles. The maximum atomic E-state index is 13.6. The van der Waals surface area contributed by atoms with E-state index in [1.165, 1.54) is 4.57 Å². The number of aliphatic hydroxyl groups excluding tert-OH is 2. The number of nitrogens with zero attached hydrogens (tertiary/aromatic N) is 2. The second-order valence-electron chi connectivity index (χ2n) is 15.8. The number of fused-ring (bicyclic) bond motifs is 4. The summed E-state index contributed by atoms with van der Waals surface area (Å²) in [6, 6.07) is 33.4. The van der Waals surface area contributed by atoms with Crippen LogP contribution in [0.3, 0.4) is 0 Å². The Hall–Kier alpha value is -6.82. The molecule has 0 spiro atoms. The van der Waals surface area contributed by atoms with E-state index < -0.39 is 41.4 Å². The molecule has 7 atom stereocenters. The Morgan fingerprint density at radius 2 is 1.11 bits per heavy atom. The first-order valence-corrected chi connectivity index (χ1v) is 21.7. The maximum absolute atomic E-state index is 13.6. The fraction of sp³-hybridized carbons (Fsp3) is 0.320. The highest BCUT2D eigenvalue weighted by Crippen LogP contribution is 2.34. The summed E-state index contributed by atoms with van der Waals surface area (Å²) in [5, 5.41) is 29.8. The first-order valence-electron chi connectivity index (χ1n) is 21.7. The maximum Gasteiger partial charge on any atom is 0.347 e. The minimum Gasteiger partial charge on any atom is -0.506 e. The zero-order chi connectivity index (χ0) is 46.3. The molecule has 0 radical (unpaired) electrons. The van der Waals surface area contributed by atoms with Crippen LogP contribution in [0.2, 0.25) is 0 Å². The van der Waals surface area contributed by atoms with Crippen molar-refractivity contribution < 1.29 is 58.1 Å². The molecule has 0 saturated carbocycles. The Morgan fingerprint density at radius 1 is 0.621 bits per heavy atom. The lowest BCUT2D eigenvalue weighted by Crippen LogP contribution is -2.35. The van der Waals surface area contributed by atoms with E-state index in [4.69, 9.17) is 43.4 Å². The van der Waals surface area contributed by atoms with Crippen LogP contribution in [0, 0.1) is 0 Å². The van der Waals surface area contributed by atoms with Gasteiger partial charge in [0.25, 0.3) is 11.1 Å². The quantitative estimate of drug-likeness (QED) is 0.159. The van der Waals surface area contributed by atoms with Crippen molar-refractivity contribution in [3.05, 3.63) is 164 Å². The first kappa shape index (κ1) is 45.7. The third-order valence-corrected chi connectivity index (χ3v) is 11.5. The zero-order valence-electron chi connectivity index (χ0n) is 36.3. The Labute approximate surface area is 378 Å². The summed E-state index contributed by atoms with van der Waals surface area (Å²) in [6.45, 7) is 5.11. The molecule has 344 valence electrons. The van der Waals surface area contributed by atoms with Crippen molar-refractivity contribution in [2.45, 2.75) is 69.7 Å². The molecule has 4 aromatic carbocycles. The van der Waals surface area contributed by atoms with Gasteiger partial charge in [0, 0.05) is 10.8 Å². The van der Waals surface area contributed by atoms with E-state index in [-0.39, 0.29) is 73.5 Å². The number of carbonyl (C=O) groups is 2. The molecule has 16 nitrogen and oxygen atoms in total. The topological polar surface area (TPSA) is 203 Å². The van der Waals surface area contributed by atoms with Crippen molar-refractivity contribution in [1.29, 1.82) is 0 Å². The van der Waals surface area contributed by atoms with Gasteiger partial charge in [-0.25, -0.2) is 9.59 Å². The molecule has 3 saturated heterocycles. The number of rotatable bonds is 10. The molecule has 3 N–H and O–H groups in total. The number of esters is 2. The van der Waals surface area contributed by atoms with Crippen LogP contribution in [0.1, 0.15) is 45.7 Å². The summed E-state index contributed by atoms with van der Waals surface area (Å²) in [7, 11) is 0. The predicted molar refractivity (Wildman–Crippen MR) is 241 cm³/mol. The monoisotopic (exact) mass is 902 g/mol. The molecule has 66 heavy (non-hydrogen) atoms. The van der Waals surface area contributed by atoms with Gasteiger partial charge in [-0.15, -0.1) is 0 Å². The summed E-state index contributed by atoms with van der Waals surface area (Å²) in [5.74, 6) is -1.65. The zero-order valence-corrected chi connectivity index (χ0v) is 36.3. The van der Waals surface area contributed by atoms with Gasteiger partial charge >= 0.3 is 11.9 Å². The highest BCUT2D eigenvalue weighted by Gasteiger charge is 2.46. The lowest BCUT2D eigenvalue weighted by molar-refractivity contribution is 0.00205. The molecule has 3 fully saturated rings. The lowest BCUT2D eigenvalue weighted by Gasteiger charge is -2.22. The summed E-state index contributed by atoms with van der Waals surface area (Å²) in [5.41, 5.74) is 1.64. The van der Waals surface area contributed by atoms with Crippen molar-refractivity contribution >= 4 is 33.7 Å². The van der Waals surface area contributed by atoms with Gasteiger partial charge in [-0.3, -0.25) is 9.59 Å². The number of aromatic nitrogens is 2. The van der Waals surface area contributed by atoms with Crippen LogP contribution in [0.25, 0.3) is 21.8 Å². The van der Waals surface area contributed by atoms with Crippen molar-refractivity contribution in [2.24, 2.45) is 0 Å². The van der Waals surface area contributed by atoms with Crippen molar-refractivity contribution in [3.63, 3.8) is 0 Å². The highest BCUT2D eigenvalue weighted by atomic mass is 16.6. The lowest BCUT2D eigenvalue weighted by atomic mass is 10.1. The first-order chi connectivity index (χ1) is 32.1. The number of benzene rings is 4. The Bertz CT molecular complexity index is 2810. The normalized spacial score (nSPS) is 22.3.